The fraction of sp³-hybridized carbons (Fsp3) is 0.833. The van der Waals surface area contributed by atoms with Crippen LogP contribution in [-0.2, 0) is 14.3 Å². The molecule has 1 heterocycles. The van der Waals surface area contributed by atoms with Crippen molar-refractivity contribution in [1.29, 1.82) is 0 Å². The van der Waals surface area contributed by atoms with E-state index in [1.807, 2.05) is 12.5 Å². The Morgan fingerprint density at radius 2 is 1.90 bits per heavy atom. The Morgan fingerprint density at radius 1 is 1.21 bits per heavy atom. The molecule has 0 amide bonds. The van der Waals surface area contributed by atoms with Gasteiger partial charge in [0.2, 0.25) is 0 Å². The summed E-state index contributed by atoms with van der Waals surface area (Å²) in [6.07, 6.45) is 10.7. The zero-order chi connectivity index (χ0) is 22.0. The highest BCUT2D eigenvalue weighted by molar-refractivity contribution is 5.70. The lowest BCUT2D eigenvalue weighted by Gasteiger charge is -2.41. The van der Waals surface area contributed by atoms with Crippen LogP contribution in [0.2, 0.25) is 0 Å². The van der Waals surface area contributed by atoms with Crippen LogP contribution in [0.25, 0.3) is 0 Å². The van der Waals surface area contributed by atoms with Crippen LogP contribution in [-0.4, -0.2) is 34.9 Å². The van der Waals surface area contributed by atoms with Crippen molar-refractivity contribution < 1.29 is 24.5 Å². The number of carbonyl (C=O) groups is 2. The molecule has 5 unspecified atom stereocenters. The first-order chi connectivity index (χ1) is 13.7. The summed E-state index contributed by atoms with van der Waals surface area (Å²) in [5, 5.41) is 17.0. The van der Waals surface area contributed by atoms with Gasteiger partial charge in [-0.2, -0.15) is 0 Å². The molecule has 1 saturated carbocycles. The van der Waals surface area contributed by atoms with E-state index in [4.69, 9.17) is 10.2 Å². The van der Waals surface area contributed by atoms with Gasteiger partial charge in [-0.3, -0.25) is 9.59 Å². The van der Waals surface area contributed by atoms with Crippen LogP contribution < -0.4 is 0 Å². The minimum Gasteiger partial charge on any atom is -0.481 e. The monoisotopic (exact) mass is 410 g/mol. The van der Waals surface area contributed by atoms with Crippen molar-refractivity contribution in [3.8, 4) is 0 Å². The Morgan fingerprint density at radius 3 is 2.34 bits per heavy atom. The zero-order valence-electron chi connectivity index (χ0n) is 19.0. The number of ether oxygens (including phenoxy) is 1. The molecule has 0 aromatic carbocycles. The van der Waals surface area contributed by atoms with Crippen LogP contribution in [0, 0.1) is 29.6 Å². The van der Waals surface area contributed by atoms with E-state index in [1.165, 1.54) is 32.1 Å². The van der Waals surface area contributed by atoms with Crippen LogP contribution in [0.15, 0.2) is 11.6 Å². The quantitative estimate of drug-likeness (QED) is 0.492. The third-order valence-electron chi connectivity index (χ3n) is 6.67. The van der Waals surface area contributed by atoms with Gasteiger partial charge in [0.05, 0.1) is 25.0 Å². The lowest BCUT2D eigenvalue weighted by atomic mass is 9.64. The molecule has 1 saturated heterocycles. The molecular formula is C24H42O5. The average Bonchev–Trinajstić information content (AvgIpc) is 2.68. The second-order valence-corrected chi connectivity index (χ2v) is 9.01. The van der Waals surface area contributed by atoms with Gasteiger partial charge in [0.1, 0.15) is 0 Å². The van der Waals surface area contributed by atoms with Gasteiger partial charge in [-0.15, -0.1) is 0 Å². The Balaban J connectivity index is 0.000000240. The molecule has 0 aromatic heterocycles. The molecule has 3 aliphatic rings. The topological polar surface area (TPSA) is 83.8 Å². The molecular weight excluding hydrogens is 368 g/mol. The Hall–Kier alpha value is -1.36. The van der Waals surface area contributed by atoms with Crippen molar-refractivity contribution in [1.82, 2.24) is 0 Å². The van der Waals surface area contributed by atoms with Crippen molar-refractivity contribution in [3.05, 3.63) is 11.6 Å². The average molecular weight is 411 g/mol. The first-order valence-electron chi connectivity index (χ1n) is 11.5. The molecule has 1 aliphatic heterocycles. The third kappa shape index (κ3) is 8.90. The number of aliphatic hydroxyl groups excluding tert-OH is 1. The number of hydrogen-bond donors (Lipinski definition) is 2. The summed E-state index contributed by atoms with van der Waals surface area (Å²) in [5.74, 6) is 2.59. The third-order valence-corrected chi connectivity index (χ3v) is 6.67. The van der Waals surface area contributed by atoms with Gasteiger partial charge in [0.25, 0.3) is 0 Å². The number of carboxylic acid groups (broad SMARTS) is 1. The highest BCUT2D eigenvalue weighted by Gasteiger charge is 2.34. The summed E-state index contributed by atoms with van der Waals surface area (Å²) in [4.78, 5) is 20.2. The summed E-state index contributed by atoms with van der Waals surface area (Å²) in [6.45, 7) is 11.1. The van der Waals surface area contributed by atoms with Crippen LogP contribution in [0.5, 0.6) is 0 Å². The molecule has 2 aliphatic carbocycles. The van der Waals surface area contributed by atoms with Crippen LogP contribution in [0.3, 0.4) is 0 Å². The maximum Gasteiger partial charge on any atom is 0.308 e. The highest BCUT2D eigenvalue weighted by atomic mass is 16.5. The smallest absolute Gasteiger partial charge is 0.308 e. The fourth-order valence-corrected chi connectivity index (χ4v) is 4.49. The van der Waals surface area contributed by atoms with Crippen LogP contribution in [0.1, 0.15) is 86.0 Å². The van der Waals surface area contributed by atoms with Gasteiger partial charge in [0, 0.05) is 6.42 Å². The number of aliphatic hydroxyl groups is 1. The zero-order valence-corrected chi connectivity index (χ0v) is 19.0. The first-order valence-corrected chi connectivity index (χ1v) is 11.5. The summed E-state index contributed by atoms with van der Waals surface area (Å²) >= 11 is 0. The van der Waals surface area contributed by atoms with Crippen LogP contribution >= 0.6 is 0 Å². The Bertz CT molecular complexity index is 541. The van der Waals surface area contributed by atoms with Crippen molar-refractivity contribution in [2.75, 3.05) is 6.61 Å². The Kier molecular flexibility index (Phi) is 11.6. The normalized spacial score (nSPS) is 32.1. The van der Waals surface area contributed by atoms with Gasteiger partial charge >= 0.3 is 11.9 Å². The van der Waals surface area contributed by atoms with Crippen molar-refractivity contribution in [3.63, 3.8) is 0 Å². The van der Waals surface area contributed by atoms with E-state index < -0.39 is 12.1 Å². The second kappa shape index (κ2) is 13.0. The van der Waals surface area contributed by atoms with Crippen LogP contribution in [0.4, 0.5) is 0 Å². The molecule has 2 N–H and O–H groups in total. The molecule has 29 heavy (non-hydrogen) atoms. The molecule has 0 aromatic rings. The lowest BCUT2D eigenvalue weighted by molar-refractivity contribution is -0.151. The minimum atomic E-state index is -0.706. The van der Waals surface area contributed by atoms with Gasteiger partial charge in [-0.1, -0.05) is 52.7 Å². The number of fused-ring (bicyclic) bond motifs is 1. The molecule has 0 spiro atoms. The van der Waals surface area contributed by atoms with Gasteiger partial charge < -0.3 is 14.9 Å². The second-order valence-electron chi connectivity index (χ2n) is 9.01. The molecule has 0 bridgehead atoms. The van der Waals surface area contributed by atoms with E-state index >= 15 is 0 Å². The molecule has 5 heteroatoms. The standard InChI is InChI=1S/C14H24.C5H8O3.C5H10O2/c1-4-13-11(3)6-7-12-9-10(2)5-8-14(12)13;6-4-1-2-8-5(7)3-4;1-3-4(2)5(6)7/h9-11,13-14H,4-8H2,1-3H3;4,6H,1-3H2;4H,3H2,1-2H3,(H,6,7)/t10-,11?,13?,14?;;/m1../s1. The summed E-state index contributed by atoms with van der Waals surface area (Å²) < 4.78 is 4.55. The number of cyclic esters (lactones) is 1. The molecule has 2 fully saturated rings. The SMILES string of the molecule is CCC(C)C(=O)O.CCC1C(C)CCC2=C[C@H](C)CCC21.O=C1CC(O)CCO1. The molecule has 0 radical (unpaired) electrons. The first kappa shape index (κ1) is 25.7. The maximum atomic E-state index is 10.3. The fourth-order valence-electron chi connectivity index (χ4n) is 4.49. The minimum absolute atomic E-state index is 0.167. The van der Waals surface area contributed by atoms with Crippen molar-refractivity contribution >= 4 is 11.9 Å². The summed E-state index contributed by atoms with van der Waals surface area (Å²) in [6, 6.07) is 0. The molecule has 5 nitrogen and oxygen atoms in total. The number of carbonyl (C=O) groups excluding carboxylic acids is 1. The lowest BCUT2D eigenvalue weighted by Crippen LogP contribution is -2.30. The maximum absolute atomic E-state index is 10.3. The van der Waals surface area contributed by atoms with E-state index in [2.05, 4.69) is 31.6 Å². The Labute approximate surface area is 176 Å². The number of aliphatic carboxylic acids is 1. The number of allylic oxidation sites excluding steroid dienone is 2. The van der Waals surface area contributed by atoms with Gasteiger partial charge in [-0.05, 0) is 55.8 Å². The molecule has 6 atom stereocenters. The number of esters is 1. The largest absolute Gasteiger partial charge is 0.481 e. The van der Waals surface area contributed by atoms with Gasteiger partial charge in [0.15, 0.2) is 0 Å². The summed E-state index contributed by atoms with van der Waals surface area (Å²) in [7, 11) is 0. The number of carboxylic acids is 1. The molecule has 3 rings (SSSR count). The van der Waals surface area contributed by atoms with E-state index in [-0.39, 0.29) is 18.3 Å². The van der Waals surface area contributed by atoms with Crippen molar-refractivity contribution in [2.45, 2.75) is 92.1 Å². The van der Waals surface area contributed by atoms with E-state index in [0.717, 1.165) is 30.1 Å². The predicted octanol–water partition coefficient (Wildman–Crippen LogP) is 5.22. The van der Waals surface area contributed by atoms with Crippen molar-refractivity contribution in [2.24, 2.45) is 29.6 Å². The van der Waals surface area contributed by atoms with Gasteiger partial charge in [-0.25, -0.2) is 0 Å². The van der Waals surface area contributed by atoms with E-state index in [9.17, 15) is 9.59 Å². The highest BCUT2D eigenvalue weighted by Crippen LogP contribution is 2.45. The number of rotatable bonds is 3. The summed E-state index contributed by atoms with van der Waals surface area (Å²) in [5.41, 5.74) is 1.81. The predicted molar refractivity (Wildman–Crippen MR) is 115 cm³/mol. The van der Waals surface area contributed by atoms with E-state index in [1.54, 1.807) is 6.92 Å². The van der Waals surface area contributed by atoms with E-state index in [0.29, 0.717) is 13.0 Å². The molecule has 168 valence electrons. The number of hydrogen-bond acceptors (Lipinski definition) is 4.